The van der Waals surface area contributed by atoms with E-state index in [1.807, 2.05) is 24.3 Å². The molecule has 2 aromatic rings. The summed E-state index contributed by atoms with van der Waals surface area (Å²) in [5, 5.41) is 6.14. The maximum absolute atomic E-state index is 12.2. The number of hydrogen-bond acceptors (Lipinski definition) is 4. The Labute approximate surface area is 141 Å². The maximum Gasteiger partial charge on any atom is 0.322 e. The minimum atomic E-state index is -0.810. The molecule has 2 heterocycles. The molecule has 1 aliphatic rings. The largest absolute Gasteiger partial charge is 0.340 e. The van der Waals surface area contributed by atoms with Crippen LogP contribution >= 0.6 is 22.9 Å². The van der Waals surface area contributed by atoms with Crippen LogP contribution in [0.3, 0.4) is 0 Å². The van der Waals surface area contributed by atoms with Gasteiger partial charge in [-0.15, -0.1) is 11.3 Å². The Hall–Kier alpha value is -2.12. The number of amides is 4. The predicted molar refractivity (Wildman–Crippen MR) is 88.4 cm³/mol. The number of halogens is 1. The summed E-state index contributed by atoms with van der Waals surface area (Å²) in [5.41, 5.74) is 0. The molecule has 2 N–H and O–H groups in total. The van der Waals surface area contributed by atoms with Gasteiger partial charge in [0.1, 0.15) is 6.04 Å². The SMILES string of the molecule is CN(Cc1sc2ccccc2c1Cl)C(=O)C[C@@H]1NC(=O)NC1=O. The summed E-state index contributed by atoms with van der Waals surface area (Å²) in [6.07, 6.45) is -0.0728. The highest BCUT2D eigenvalue weighted by Crippen LogP contribution is 2.35. The number of hydrogen-bond donors (Lipinski definition) is 2. The fourth-order valence-electron chi connectivity index (χ4n) is 2.40. The van der Waals surface area contributed by atoms with Crippen LogP contribution in [0.2, 0.25) is 5.02 Å². The monoisotopic (exact) mass is 351 g/mol. The molecule has 4 amide bonds. The number of nitrogens with one attached hydrogen (secondary N) is 2. The van der Waals surface area contributed by atoms with Crippen LogP contribution in [-0.2, 0) is 16.1 Å². The minimum Gasteiger partial charge on any atom is -0.340 e. The van der Waals surface area contributed by atoms with Crippen LogP contribution in [-0.4, -0.2) is 35.8 Å². The highest BCUT2D eigenvalue weighted by Gasteiger charge is 2.32. The van der Waals surface area contributed by atoms with E-state index in [0.29, 0.717) is 11.6 Å². The Kier molecular flexibility index (Phi) is 4.23. The molecule has 0 saturated carbocycles. The average Bonchev–Trinajstić information content (AvgIpc) is 2.99. The molecule has 1 atom stereocenters. The Morgan fingerprint density at radius 3 is 2.74 bits per heavy atom. The highest BCUT2D eigenvalue weighted by molar-refractivity contribution is 7.19. The zero-order chi connectivity index (χ0) is 16.6. The highest BCUT2D eigenvalue weighted by atomic mass is 35.5. The second-order valence-corrected chi connectivity index (χ2v) is 6.82. The van der Waals surface area contributed by atoms with Crippen molar-refractivity contribution < 1.29 is 14.4 Å². The third-order valence-corrected chi connectivity index (χ3v) is 5.34. The van der Waals surface area contributed by atoms with Crippen molar-refractivity contribution in [2.24, 2.45) is 0 Å². The lowest BCUT2D eigenvalue weighted by atomic mass is 10.2. The van der Waals surface area contributed by atoms with E-state index in [4.69, 9.17) is 11.6 Å². The second-order valence-electron chi connectivity index (χ2n) is 5.30. The van der Waals surface area contributed by atoms with Gasteiger partial charge in [-0.05, 0) is 6.07 Å². The number of benzene rings is 1. The minimum absolute atomic E-state index is 0.0728. The first-order chi connectivity index (χ1) is 11.0. The molecule has 23 heavy (non-hydrogen) atoms. The van der Waals surface area contributed by atoms with Gasteiger partial charge >= 0.3 is 6.03 Å². The van der Waals surface area contributed by atoms with Crippen molar-refractivity contribution in [2.75, 3.05) is 7.05 Å². The van der Waals surface area contributed by atoms with Gasteiger partial charge in [0.05, 0.1) is 18.0 Å². The lowest BCUT2D eigenvalue weighted by Crippen LogP contribution is -2.36. The van der Waals surface area contributed by atoms with E-state index in [1.54, 1.807) is 7.05 Å². The first-order valence-electron chi connectivity index (χ1n) is 6.97. The van der Waals surface area contributed by atoms with Crippen LogP contribution in [0.15, 0.2) is 24.3 Å². The van der Waals surface area contributed by atoms with E-state index in [-0.39, 0.29) is 12.3 Å². The molecule has 0 bridgehead atoms. The van der Waals surface area contributed by atoms with Crippen LogP contribution in [0.4, 0.5) is 4.79 Å². The number of imide groups is 1. The van der Waals surface area contributed by atoms with E-state index in [9.17, 15) is 14.4 Å². The lowest BCUT2D eigenvalue weighted by Gasteiger charge is -2.18. The van der Waals surface area contributed by atoms with Gasteiger partial charge in [-0.1, -0.05) is 29.8 Å². The number of carbonyl (C=O) groups excluding carboxylic acids is 3. The van der Waals surface area contributed by atoms with Gasteiger partial charge in [0.25, 0.3) is 5.91 Å². The van der Waals surface area contributed by atoms with Gasteiger partial charge in [0, 0.05) is 22.0 Å². The molecule has 1 saturated heterocycles. The maximum atomic E-state index is 12.2. The normalized spacial score (nSPS) is 17.2. The molecule has 120 valence electrons. The molecular weight excluding hydrogens is 338 g/mol. The number of thiophene rings is 1. The van der Waals surface area contributed by atoms with Gasteiger partial charge in [0.2, 0.25) is 5.91 Å². The molecule has 3 rings (SSSR count). The summed E-state index contributed by atoms with van der Waals surface area (Å²) in [4.78, 5) is 37.2. The van der Waals surface area contributed by atoms with Gasteiger partial charge < -0.3 is 10.2 Å². The molecule has 6 nitrogen and oxygen atoms in total. The molecule has 1 fully saturated rings. The molecule has 1 aromatic carbocycles. The van der Waals surface area contributed by atoms with Crippen molar-refractivity contribution in [1.82, 2.24) is 15.5 Å². The summed E-state index contributed by atoms with van der Waals surface area (Å²) >= 11 is 7.91. The molecule has 8 heteroatoms. The van der Waals surface area contributed by atoms with E-state index in [2.05, 4.69) is 10.6 Å². The van der Waals surface area contributed by atoms with Crippen LogP contribution < -0.4 is 10.6 Å². The zero-order valence-electron chi connectivity index (χ0n) is 12.3. The Bertz CT molecular complexity index is 804. The van der Waals surface area contributed by atoms with Gasteiger partial charge in [-0.25, -0.2) is 4.79 Å². The fourth-order valence-corrected chi connectivity index (χ4v) is 3.95. The van der Waals surface area contributed by atoms with Gasteiger partial charge in [-0.2, -0.15) is 0 Å². The van der Waals surface area contributed by atoms with Crippen LogP contribution in [0.1, 0.15) is 11.3 Å². The number of urea groups is 1. The Morgan fingerprint density at radius 1 is 1.35 bits per heavy atom. The Morgan fingerprint density at radius 2 is 2.09 bits per heavy atom. The van der Waals surface area contributed by atoms with Crippen molar-refractivity contribution in [3.8, 4) is 0 Å². The number of fused-ring (bicyclic) bond motifs is 1. The quantitative estimate of drug-likeness (QED) is 0.828. The van der Waals surface area contributed by atoms with E-state index in [0.717, 1.165) is 15.0 Å². The summed E-state index contributed by atoms with van der Waals surface area (Å²) in [5.74, 6) is -0.711. The molecule has 0 aliphatic carbocycles. The third-order valence-electron chi connectivity index (χ3n) is 3.65. The van der Waals surface area contributed by atoms with Crippen molar-refractivity contribution in [3.05, 3.63) is 34.2 Å². The summed E-state index contributed by atoms with van der Waals surface area (Å²) in [6, 6.07) is 6.40. The number of carbonyl (C=O) groups is 3. The predicted octanol–water partition coefficient (Wildman–Crippen LogP) is 2.11. The van der Waals surface area contributed by atoms with E-state index in [1.165, 1.54) is 16.2 Å². The Balaban J connectivity index is 1.69. The van der Waals surface area contributed by atoms with Gasteiger partial charge in [-0.3, -0.25) is 14.9 Å². The molecule has 1 aromatic heterocycles. The first-order valence-corrected chi connectivity index (χ1v) is 8.16. The van der Waals surface area contributed by atoms with E-state index < -0.39 is 18.0 Å². The smallest absolute Gasteiger partial charge is 0.322 e. The molecule has 1 aliphatic heterocycles. The van der Waals surface area contributed by atoms with E-state index >= 15 is 0 Å². The van der Waals surface area contributed by atoms with Crippen molar-refractivity contribution in [2.45, 2.75) is 19.0 Å². The molecule has 0 radical (unpaired) electrons. The summed E-state index contributed by atoms with van der Waals surface area (Å²) < 4.78 is 1.07. The third kappa shape index (κ3) is 3.16. The average molecular weight is 352 g/mol. The second kappa shape index (κ2) is 6.17. The fraction of sp³-hybridized carbons (Fsp3) is 0.267. The summed E-state index contributed by atoms with van der Waals surface area (Å²) in [6.45, 7) is 0.360. The van der Waals surface area contributed by atoms with Crippen LogP contribution in [0, 0.1) is 0 Å². The van der Waals surface area contributed by atoms with Gasteiger partial charge in [0.15, 0.2) is 0 Å². The number of rotatable bonds is 4. The topological polar surface area (TPSA) is 78.5 Å². The van der Waals surface area contributed by atoms with Crippen molar-refractivity contribution in [1.29, 1.82) is 0 Å². The molecular formula is C15H14ClN3O3S. The van der Waals surface area contributed by atoms with Crippen molar-refractivity contribution in [3.63, 3.8) is 0 Å². The summed E-state index contributed by atoms with van der Waals surface area (Å²) in [7, 11) is 1.65. The molecule has 0 spiro atoms. The lowest BCUT2D eigenvalue weighted by molar-refractivity contribution is -0.133. The van der Waals surface area contributed by atoms with Crippen molar-refractivity contribution >= 4 is 50.9 Å². The van der Waals surface area contributed by atoms with Crippen LogP contribution in [0.25, 0.3) is 10.1 Å². The molecule has 0 unspecified atom stereocenters. The number of nitrogens with zero attached hydrogens (tertiary/aromatic N) is 1. The standard InChI is InChI=1S/C15H14ClN3O3S/c1-19(12(20)6-9-14(21)18-15(22)17-9)7-11-13(16)8-4-2-3-5-10(8)23-11/h2-5,9H,6-7H2,1H3,(H2,17,18,21,22)/t9-/m0/s1. The zero-order valence-corrected chi connectivity index (χ0v) is 13.8. The first kappa shape index (κ1) is 15.8. The van der Waals surface area contributed by atoms with Crippen LogP contribution in [0.5, 0.6) is 0 Å².